The Morgan fingerprint density at radius 3 is 2.35 bits per heavy atom. The minimum Gasteiger partial charge on any atom is -0.493 e. The topological polar surface area (TPSA) is 113 Å². The van der Waals surface area contributed by atoms with Crippen LogP contribution in [0.3, 0.4) is 0 Å². The Morgan fingerprint density at radius 2 is 1.71 bits per heavy atom. The van der Waals surface area contributed by atoms with Gasteiger partial charge in [0.05, 0.1) is 7.11 Å². The van der Waals surface area contributed by atoms with Gasteiger partial charge in [0, 0.05) is 18.0 Å². The fourth-order valence-electron chi connectivity index (χ4n) is 2.71. The van der Waals surface area contributed by atoms with Gasteiger partial charge in [-0.3, -0.25) is 14.6 Å². The monoisotopic (exact) mass is 483 g/mol. The molecule has 0 aliphatic heterocycles. The lowest BCUT2D eigenvalue weighted by atomic mass is 10.1. The molecular weight excluding hydrogens is 469 g/mol. The van der Waals surface area contributed by atoms with Crippen LogP contribution >= 0.6 is 0 Å². The first-order chi connectivity index (χ1) is 16.0. The smallest absolute Gasteiger partial charge is 0.493 e. The minimum atomic E-state index is -4.96. The Balaban J connectivity index is 1.95. The highest BCUT2D eigenvalue weighted by molar-refractivity contribution is 6.07. The normalized spacial score (nSPS) is 11.0. The number of hydrogen-bond acceptors (Lipinski definition) is 6. The molecule has 3 N–H and O–H groups in total. The van der Waals surface area contributed by atoms with Crippen LogP contribution in [0.2, 0.25) is 0 Å². The molecule has 0 saturated carbocycles. The van der Waals surface area contributed by atoms with Gasteiger partial charge in [0.2, 0.25) is 0 Å². The largest absolute Gasteiger partial charge is 0.573 e. The number of carbonyl (C=O) groups excluding carboxylic acids is 2. The van der Waals surface area contributed by atoms with E-state index in [2.05, 4.69) is 15.0 Å². The number of nitrogens with zero attached hydrogens (tertiary/aromatic N) is 1. The van der Waals surface area contributed by atoms with Gasteiger partial charge in [-0.2, -0.15) is 0 Å². The molecule has 8 nitrogen and oxygen atoms in total. The number of pyridine rings is 1. The van der Waals surface area contributed by atoms with Gasteiger partial charge >= 0.3 is 6.36 Å². The van der Waals surface area contributed by atoms with Gasteiger partial charge in [0.1, 0.15) is 22.8 Å². The van der Waals surface area contributed by atoms with E-state index < -0.39 is 46.9 Å². The van der Waals surface area contributed by atoms with Gasteiger partial charge in [-0.25, -0.2) is 8.78 Å². The van der Waals surface area contributed by atoms with Crippen LogP contribution in [0.25, 0.3) is 0 Å². The fourth-order valence-corrected chi connectivity index (χ4v) is 2.71. The number of anilines is 1. The van der Waals surface area contributed by atoms with Crippen LogP contribution in [-0.2, 0) is 0 Å². The molecule has 2 amide bonds. The fraction of sp³-hybridized carbons (Fsp3) is 0.0952. The van der Waals surface area contributed by atoms with Crippen LogP contribution in [0.5, 0.6) is 23.0 Å². The number of primary amides is 1. The summed E-state index contributed by atoms with van der Waals surface area (Å²) in [4.78, 5) is 27.7. The van der Waals surface area contributed by atoms with Crippen LogP contribution in [-0.4, -0.2) is 30.3 Å². The average molecular weight is 483 g/mol. The van der Waals surface area contributed by atoms with Crippen molar-refractivity contribution in [3.05, 3.63) is 71.6 Å². The molecular formula is C21H14F5N3O5. The third kappa shape index (κ3) is 5.68. The van der Waals surface area contributed by atoms with Crippen LogP contribution < -0.4 is 25.3 Å². The van der Waals surface area contributed by atoms with E-state index in [9.17, 15) is 31.5 Å². The summed E-state index contributed by atoms with van der Waals surface area (Å²) in [7, 11) is 1.12. The van der Waals surface area contributed by atoms with Crippen molar-refractivity contribution < 1.29 is 45.8 Å². The first-order valence-corrected chi connectivity index (χ1v) is 9.15. The van der Waals surface area contributed by atoms with Gasteiger partial charge in [0.25, 0.3) is 11.8 Å². The zero-order valence-electron chi connectivity index (χ0n) is 17.1. The van der Waals surface area contributed by atoms with Crippen molar-refractivity contribution in [1.82, 2.24) is 4.98 Å². The molecule has 34 heavy (non-hydrogen) atoms. The summed E-state index contributed by atoms with van der Waals surface area (Å²) in [5.74, 6) is -6.56. The molecule has 0 saturated heterocycles. The molecule has 0 unspecified atom stereocenters. The predicted molar refractivity (Wildman–Crippen MR) is 107 cm³/mol. The number of halogens is 5. The summed E-state index contributed by atoms with van der Waals surface area (Å²) in [6.07, 6.45) is -3.80. The van der Waals surface area contributed by atoms with E-state index in [0.29, 0.717) is 6.07 Å². The van der Waals surface area contributed by atoms with Crippen molar-refractivity contribution in [2.75, 3.05) is 12.4 Å². The lowest BCUT2D eigenvalue weighted by molar-refractivity contribution is -0.274. The van der Waals surface area contributed by atoms with Crippen LogP contribution in [0, 0.1) is 11.6 Å². The lowest BCUT2D eigenvalue weighted by Crippen LogP contribution is -2.18. The summed E-state index contributed by atoms with van der Waals surface area (Å²) in [5.41, 5.74) is 4.06. The van der Waals surface area contributed by atoms with E-state index in [4.69, 9.17) is 15.2 Å². The number of hydrogen-bond donors (Lipinski definition) is 2. The maximum absolute atomic E-state index is 14.6. The minimum absolute atomic E-state index is 0.00496. The molecule has 0 bridgehead atoms. The van der Waals surface area contributed by atoms with Crippen LogP contribution in [0.1, 0.15) is 20.8 Å². The molecule has 13 heteroatoms. The Kier molecular flexibility index (Phi) is 6.84. The molecule has 3 aromatic rings. The zero-order chi connectivity index (χ0) is 25.0. The Labute approximate surface area is 188 Å². The molecule has 1 heterocycles. The van der Waals surface area contributed by atoms with E-state index in [1.165, 1.54) is 6.07 Å². The second-order valence-corrected chi connectivity index (χ2v) is 6.45. The van der Waals surface area contributed by atoms with Gasteiger partial charge < -0.3 is 25.3 Å². The van der Waals surface area contributed by atoms with Gasteiger partial charge in [0.15, 0.2) is 23.1 Å². The number of amides is 2. The molecule has 3 rings (SSSR count). The molecule has 0 atom stereocenters. The van der Waals surface area contributed by atoms with Crippen LogP contribution in [0.4, 0.5) is 27.6 Å². The summed E-state index contributed by atoms with van der Waals surface area (Å²) in [6.45, 7) is 0. The number of ether oxygens (including phenoxy) is 3. The number of methoxy groups -OCH3 is 1. The van der Waals surface area contributed by atoms with Crippen molar-refractivity contribution in [2.45, 2.75) is 6.36 Å². The number of nitrogens with two attached hydrogens (primary N) is 1. The first-order valence-electron chi connectivity index (χ1n) is 9.15. The molecule has 0 aliphatic rings. The van der Waals surface area contributed by atoms with E-state index in [1.807, 2.05) is 0 Å². The number of carbonyl (C=O) groups is 2. The lowest BCUT2D eigenvalue weighted by Gasteiger charge is -2.16. The van der Waals surface area contributed by atoms with E-state index >= 15 is 0 Å². The van der Waals surface area contributed by atoms with E-state index in [-0.39, 0.29) is 22.9 Å². The molecule has 0 radical (unpaired) electrons. The van der Waals surface area contributed by atoms with Crippen molar-refractivity contribution >= 4 is 17.5 Å². The second-order valence-electron chi connectivity index (χ2n) is 6.45. The van der Waals surface area contributed by atoms with Gasteiger partial charge in [-0.15, -0.1) is 13.2 Å². The predicted octanol–water partition coefficient (Wildman–Crippen LogP) is 4.41. The SMILES string of the molecule is COc1cc(OC(F)(F)F)ccc1Oc1ccc(F)c(F)c1C(=O)Nc1ccnc(C(N)=O)c1. The van der Waals surface area contributed by atoms with Crippen molar-refractivity contribution in [1.29, 1.82) is 0 Å². The van der Waals surface area contributed by atoms with E-state index in [0.717, 1.165) is 43.6 Å². The van der Waals surface area contributed by atoms with Gasteiger partial charge in [-0.05, 0) is 36.4 Å². The van der Waals surface area contributed by atoms with E-state index in [1.54, 1.807) is 0 Å². The molecule has 2 aromatic carbocycles. The highest BCUT2D eigenvalue weighted by Gasteiger charge is 2.31. The average Bonchev–Trinajstić information content (AvgIpc) is 2.76. The molecule has 0 spiro atoms. The molecule has 0 aliphatic carbocycles. The third-order valence-electron chi connectivity index (χ3n) is 4.14. The Hall–Kier alpha value is -4.42. The standard InChI is InChI=1S/C21H14F5N3O5/c1-32-16-9-11(34-21(24,25)26)2-4-14(16)33-15-5-3-12(22)18(23)17(15)20(31)29-10-6-7-28-13(8-10)19(27)30/h2-9H,1H3,(H2,27,30)(H,28,29,31). The number of nitrogens with one attached hydrogen (secondary N) is 1. The zero-order valence-corrected chi connectivity index (χ0v) is 17.1. The highest BCUT2D eigenvalue weighted by atomic mass is 19.4. The summed E-state index contributed by atoms with van der Waals surface area (Å²) in [5, 5.41) is 2.26. The van der Waals surface area contributed by atoms with Crippen molar-refractivity contribution in [3.63, 3.8) is 0 Å². The molecule has 1 aromatic heterocycles. The highest BCUT2D eigenvalue weighted by Crippen LogP contribution is 2.38. The maximum atomic E-state index is 14.6. The quantitative estimate of drug-likeness (QED) is 0.482. The van der Waals surface area contributed by atoms with Crippen molar-refractivity contribution in [3.8, 4) is 23.0 Å². The number of aromatic nitrogens is 1. The van der Waals surface area contributed by atoms with Gasteiger partial charge in [-0.1, -0.05) is 0 Å². The second kappa shape index (κ2) is 9.60. The summed E-state index contributed by atoms with van der Waals surface area (Å²) in [6, 6.07) is 6.77. The summed E-state index contributed by atoms with van der Waals surface area (Å²) < 4.78 is 80.0. The molecule has 178 valence electrons. The third-order valence-corrected chi connectivity index (χ3v) is 4.14. The summed E-state index contributed by atoms with van der Waals surface area (Å²) >= 11 is 0. The first kappa shape index (κ1) is 24.2. The van der Waals surface area contributed by atoms with Crippen molar-refractivity contribution in [2.24, 2.45) is 5.73 Å². The number of benzene rings is 2. The Morgan fingerprint density at radius 1 is 1.00 bits per heavy atom. The number of rotatable bonds is 7. The maximum Gasteiger partial charge on any atom is 0.573 e. The Bertz CT molecular complexity index is 1250. The van der Waals surface area contributed by atoms with Crippen LogP contribution in [0.15, 0.2) is 48.7 Å². The molecule has 0 fully saturated rings. The number of alkyl halides is 3.